The average Bonchev–Trinajstić information content (AvgIpc) is 2.27. The summed E-state index contributed by atoms with van der Waals surface area (Å²) in [7, 11) is 0. The minimum atomic E-state index is 0.0590. The molecule has 1 rings (SSSR count). The Hall–Kier alpha value is -0.120. The molecular weight excluding hydrogens is 202 g/mol. The first-order valence-corrected chi connectivity index (χ1v) is 6.50. The predicted octanol–water partition coefficient (Wildman–Crippen LogP) is 1.80. The van der Waals surface area contributed by atoms with Gasteiger partial charge in [-0.1, -0.05) is 13.8 Å². The fraction of sp³-hybridized carbons (Fsp3) is 1.00. The quantitative estimate of drug-likeness (QED) is 0.730. The first-order valence-electron chi connectivity index (χ1n) is 6.50. The molecule has 0 aromatic heterocycles. The van der Waals surface area contributed by atoms with E-state index < -0.39 is 0 Å². The lowest BCUT2D eigenvalue weighted by molar-refractivity contribution is -0.0165. The number of aliphatic hydroxyl groups is 1. The molecule has 1 heterocycles. The van der Waals surface area contributed by atoms with Crippen molar-refractivity contribution < 1.29 is 9.84 Å². The Balaban J connectivity index is 2.32. The van der Waals surface area contributed by atoms with Crippen LogP contribution in [-0.4, -0.2) is 37.5 Å². The summed E-state index contributed by atoms with van der Waals surface area (Å²) in [6, 6.07) is 0.534. The Morgan fingerprint density at radius 1 is 1.25 bits per heavy atom. The molecule has 0 spiro atoms. The summed E-state index contributed by atoms with van der Waals surface area (Å²) < 4.78 is 5.36. The van der Waals surface area contributed by atoms with Crippen LogP contribution in [0.3, 0.4) is 0 Å². The van der Waals surface area contributed by atoms with Gasteiger partial charge in [-0.2, -0.15) is 0 Å². The Morgan fingerprint density at radius 2 is 1.88 bits per heavy atom. The van der Waals surface area contributed by atoms with Crippen LogP contribution in [0.4, 0.5) is 0 Å². The summed E-state index contributed by atoms with van der Waals surface area (Å²) >= 11 is 0. The number of nitrogens with one attached hydrogen (secondary N) is 1. The number of rotatable bonds is 6. The smallest absolute Gasteiger partial charge is 0.0501 e. The molecular formula is C13H27NO2. The summed E-state index contributed by atoms with van der Waals surface area (Å²) in [5.74, 6) is 0.724. The van der Waals surface area contributed by atoms with E-state index in [-0.39, 0.29) is 12.0 Å². The van der Waals surface area contributed by atoms with E-state index >= 15 is 0 Å². The van der Waals surface area contributed by atoms with Crippen LogP contribution in [0.15, 0.2) is 0 Å². The van der Waals surface area contributed by atoms with E-state index in [1.54, 1.807) is 0 Å². The van der Waals surface area contributed by atoms with Gasteiger partial charge in [-0.05, 0) is 32.1 Å². The topological polar surface area (TPSA) is 41.5 Å². The highest BCUT2D eigenvalue weighted by Crippen LogP contribution is 2.29. The van der Waals surface area contributed by atoms with Crippen molar-refractivity contribution >= 4 is 0 Å². The molecule has 1 fully saturated rings. The molecule has 0 saturated carbocycles. The van der Waals surface area contributed by atoms with E-state index in [9.17, 15) is 5.11 Å². The first-order chi connectivity index (χ1) is 7.58. The van der Waals surface area contributed by atoms with Gasteiger partial charge in [0.05, 0.1) is 6.61 Å². The lowest BCUT2D eigenvalue weighted by Gasteiger charge is -2.36. The summed E-state index contributed by atoms with van der Waals surface area (Å²) in [6.45, 7) is 9.49. The summed E-state index contributed by atoms with van der Waals surface area (Å²) in [5.41, 5.74) is 0.0590. The maximum absolute atomic E-state index is 9.54. The van der Waals surface area contributed by atoms with Crippen LogP contribution in [0.25, 0.3) is 0 Å². The molecule has 0 bridgehead atoms. The van der Waals surface area contributed by atoms with Gasteiger partial charge in [-0.3, -0.25) is 0 Å². The molecule has 0 amide bonds. The lowest BCUT2D eigenvalue weighted by Crippen LogP contribution is -2.44. The molecule has 1 atom stereocenters. The van der Waals surface area contributed by atoms with Crippen molar-refractivity contribution in [1.82, 2.24) is 5.32 Å². The normalized spacial score (nSPS) is 22.3. The van der Waals surface area contributed by atoms with E-state index in [4.69, 9.17) is 4.74 Å². The van der Waals surface area contributed by atoms with Crippen LogP contribution >= 0.6 is 0 Å². The summed E-state index contributed by atoms with van der Waals surface area (Å²) in [6.07, 6.45) is 3.15. The molecule has 1 aliphatic heterocycles. The van der Waals surface area contributed by atoms with E-state index in [1.165, 1.54) is 6.42 Å². The molecule has 1 aliphatic rings. The molecule has 0 radical (unpaired) electrons. The average molecular weight is 229 g/mol. The molecule has 1 unspecified atom stereocenters. The van der Waals surface area contributed by atoms with Crippen molar-refractivity contribution in [3.05, 3.63) is 0 Å². The molecule has 96 valence electrons. The minimum Gasteiger partial charge on any atom is -0.396 e. The van der Waals surface area contributed by atoms with E-state index in [0.29, 0.717) is 6.04 Å². The Kier molecular flexibility index (Phi) is 5.73. The summed E-state index contributed by atoms with van der Waals surface area (Å²) in [5, 5.41) is 13.1. The fourth-order valence-electron chi connectivity index (χ4n) is 2.38. The Labute approximate surface area is 99.6 Å². The van der Waals surface area contributed by atoms with Crippen molar-refractivity contribution in [3.63, 3.8) is 0 Å². The second-order valence-electron chi connectivity index (χ2n) is 5.68. The third-order valence-electron chi connectivity index (χ3n) is 3.54. The van der Waals surface area contributed by atoms with Crippen LogP contribution in [0.2, 0.25) is 0 Å². The predicted molar refractivity (Wildman–Crippen MR) is 66.5 cm³/mol. The maximum Gasteiger partial charge on any atom is 0.0501 e. The van der Waals surface area contributed by atoms with Gasteiger partial charge in [0.15, 0.2) is 0 Å². The largest absolute Gasteiger partial charge is 0.396 e. The van der Waals surface area contributed by atoms with Gasteiger partial charge in [0.25, 0.3) is 0 Å². The number of ether oxygens (including phenoxy) is 1. The highest BCUT2D eigenvalue weighted by Gasteiger charge is 2.31. The second-order valence-corrected chi connectivity index (χ2v) is 5.68. The van der Waals surface area contributed by atoms with Gasteiger partial charge in [-0.25, -0.2) is 0 Å². The van der Waals surface area contributed by atoms with Crippen molar-refractivity contribution in [2.45, 2.75) is 46.1 Å². The number of hydrogen-bond acceptors (Lipinski definition) is 3. The van der Waals surface area contributed by atoms with Crippen molar-refractivity contribution in [1.29, 1.82) is 0 Å². The second kappa shape index (κ2) is 6.58. The van der Waals surface area contributed by atoms with Crippen molar-refractivity contribution in [2.24, 2.45) is 11.3 Å². The number of hydrogen-bond donors (Lipinski definition) is 2. The highest BCUT2D eigenvalue weighted by molar-refractivity contribution is 4.84. The van der Waals surface area contributed by atoms with Gasteiger partial charge in [0.2, 0.25) is 0 Å². The first kappa shape index (κ1) is 13.9. The van der Waals surface area contributed by atoms with Gasteiger partial charge in [0, 0.05) is 31.2 Å². The van der Waals surface area contributed by atoms with E-state index in [0.717, 1.165) is 38.5 Å². The maximum atomic E-state index is 9.54. The molecule has 3 heteroatoms. The zero-order valence-corrected chi connectivity index (χ0v) is 11.0. The fourth-order valence-corrected chi connectivity index (χ4v) is 2.38. The third kappa shape index (κ3) is 4.40. The Bertz CT molecular complexity index is 188. The Morgan fingerprint density at radius 3 is 2.38 bits per heavy atom. The van der Waals surface area contributed by atoms with E-state index in [1.807, 2.05) is 0 Å². The molecule has 0 aromatic rings. The lowest BCUT2D eigenvalue weighted by atomic mass is 9.80. The van der Waals surface area contributed by atoms with Crippen LogP contribution in [0.1, 0.15) is 40.0 Å². The van der Waals surface area contributed by atoms with Gasteiger partial charge in [-0.15, -0.1) is 0 Å². The van der Waals surface area contributed by atoms with Gasteiger partial charge < -0.3 is 15.2 Å². The SMILES string of the molecule is CC(C)CC(C)NCC1(CO)CCOCC1. The minimum absolute atomic E-state index is 0.0590. The van der Waals surface area contributed by atoms with Crippen LogP contribution < -0.4 is 5.32 Å². The van der Waals surface area contributed by atoms with Crippen LogP contribution in [0, 0.1) is 11.3 Å². The van der Waals surface area contributed by atoms with Gasteiger partial charge >= 0.3 is 0 Å². The molecule has 0 aromatic carbocycles. The molecule has 16 heavy (non-hydrogen) atoms. The summed E-state index contributed by atoms with van der Waals surface area (Å²) in [4.78, 5) is 0. The van der Waals surface area contributed by atoms with Crippen molar-refractivity contribution in [2.75, 3.05) is 26.4 Å². The zero-order chi connectivity index (χ0) is 12.0. The van der Waals surface area contributed by atoms with Gasteiger partial charge in [0.1, 0.15) is 0 Å². The van der Waals surface area contributed by atoms with E-state index in [2.05, 4.69) is 26.1 Å². The molecule has 2 N–H and O–H groups in total. The molecule has 0 aliphatic carbocycles. The van der Waals surface area contributed by atoms with Crippen LogP contribution in [0.5, 0.6) is 0 Å². The number of aliphatic hydroxyl groups excluding tert-OH is 1. The van der Waals surface area contributed by atoms with Crippen LogP contribution in [-0.2, 0) is 4.74 Å². The zero-order valence-electron chi connectivity index (χ0n) is 11.0. The monoisotopic (exact) mass is 229 g/mol. The highest BCUT2D eigenvalue weighted by atomic mass is 16.5. The third-order valence-corrected chi connectivity index (χ3v) is 3.54. The standard InChI is InChI=1S/C13H27NO2/c1-11(2)8-12(3)14-9-13(10-15)4-6-16-7-5-13/h11-12,14-15H,4-10H2,1-3H3. The molecule has 1 saturated heterocycles. The molecule has 3 nitrogen and oxygen atoms in total. The van der Waals surface area contributed by atoms with Crippen molar-refractivity contribution in [3.8, 4) is 0 Å².